The Balaban J connectivity index is 1.94. The van der Waals surface area contributed by atoms with Gasteiger partial charge < -0.3 is 24.7 Å². The molecule has 8 heteroatoms. The van der Waals surface area contributed by atoms with Crippen molar-refractivity contribution in [1.82, 2.24) is 20.5 Å². The van der Waals surface area contributed by atoms with Crippen molar-refractivity contribution in [3.63, 3.8) is 0 Å². The molecule has 8 nitrogen and oxygen atoms in total. The molecule has 1 unspecified atom stereocenters. The van der Waals surface area contributed by atoms with Gasteiger partial charge in [0.15, 0.2) is 5.96 Å². The number of aliphatic imine (C=N–C) groups is 1. The van der Waals surface area contributed by atoms with E-state index in [1.165, 1.54) is 4.90 Å². The maximum atomic E-state index is 11.8. The van der Waals surface area contributed by atoms with E-state index in [9.17, 15) is 4.79 Å². The highest BCUT2D eigenvalue weighted by Gasteiger charge is 2.19. The van der Waals surface area contributed by atoms with E-state index in [0.29, 0.717) is 24.9 Å². The topological polar surface area (TPSA) is 92.0 Å². The number of hydrogen-bond donors (Lipinski definition) is 2. The van der Waals surface area contributed by atoms with Crippen LogP contribution in [0, 0.1) is 0 Å². The van der Waals surface area contributed by atoms with Gasteiger partial charge in [-0.15, -0.1) is 0 Å². The largest absolute Gasteiger partial charge is 0.443 e. The summed E-state index contributed by atoms with van der Waals surface area (Å²) in [4.78, 5) is 22.0. The van der Waals surface area contributed by atoms with Crippen molar-refractivity contribution in [3.8, 4) is 0 Å². The Hall–Kier alpha value is -2.09. The lowest BCUT2D eigenvalue weighted by atomic mass is 9.94. The first-order valence-corrected chi connectivity index (χ1v) is 9.05. The summed E-state index contributed by atoms with van der Waals surface area (Å²) in [5.41, 5.74) is -0.0850. The van der Waals surface area contributed by atoms with Gasteiger partial charge in [-0.1, -0.05) is 20.8 Å². The Morgan fingerprint density at radius 3 is 2.73 bits per heavy atom. The second-order valence-electron chi connectivity index (χ2n) is 7.69. The van der Waals surface area contributed by atoms with Crippen LogP contribution < -0.4 is 10.6 Å². The highest BCUT2D eigenvalue weighted by atomic mass is 16.5. The van der Waals surface area contributed by atoms with Gasteiger partial charge in [0.2, 0.25) is 11.8 Å². The average Bonchev–Trinajstić information content (AvgIpc) is 3.24. The minimum Gasteiger partial charge on any atom is -0.443 e. The van der Waals surface area contributed by atoms with Crippen LogP contribution in [0.5, 0.6) is 0 Å². The number of carbonyl (C=O) groups is 1. The lowest BCUT2D eigenvalue weighted by Crippen LogP contribution is -2.41. The monoisotopic (exact) mass is 365 g/mol. The Bertz CT molecular complexity index is 613. The molecule has 2 N–H and O–H groups in total. The molecule has 1 aromatic heterocycles. The van der Waals surface area contributed by atoms with E-state index in [0.717, 1.165) is 25.2 Å². The van der Waals surface area contributed by atoms with Crippen LogP contribution in [0.4, 0.5) is 0 Å². The van der Waals surface area contributed by atoms with Crippen LogP contribution in [0.2, 0.25) is 0 Å². The first-order valence-electron chi connectivity index (χ1n) is 9.05. The van der Waals surface area contributed by atoms with Crippen molar-refractivity contribution in [3.05, 3.63) is 17.8 Å². The van der Waals surface area contributed by atoms with Crippen LogP contribution in [0.25, 0.3) is 0 Å². The number of amides is 1. The zero-order valence-corrected chi connectivity index (χ0v) is 16.5. The number of oxazole rings is 1. The van der Waals surface area contributed by atoms with E-state index in [1.807, 2.05) is 0 Å². The molecule has 0 bridgehead atoms. The number of guanidine groups is 1. The van der Waals surface area contributed by atoms with E-state index in [4.69, 9.17) is 9.15 Å². The normalized spacial score (nSPS) is 18.0. The Labute approximate surface area is 155 Å². The number of hydrogen-bond acceptors (Lipinski definition) is 5. The number of ether oxygens (including phenoxy) is 1. The highest BCUT2D eigenvalue weighted by Crippen LogP contribution is 2.22. The first-order chi connectivity index (χ1) is 12.3. The van der Waals surface area contributed by atoms with Crippen LogP contribution in [0.15, 0.2) is 15.6 Å². The molecule has 1 amide bonds. The van der Waals surface area contributed by atoms with E-state index in [2.05, 4.69) is 41.4 Å². The summed E-state index contributed by atoms with van der Waals surface area (Å²) in [7, 11) is 3.43. The average molecular weight is 365 g/mol. The summed E-state index contributed by atoms with van der Waals surface area (Å²) in [6.07, 6.45) is 4.05. The molecule has 2 heterocycles. The lowest BCUT2D eigenvalue weighted by molar-refractivity contribution is -0.127. The third-order valence-electron chi connectivity index (χ3n) is 4.09. The van der Waals surface area contributed by atoms with Gasteiger partial charge >= 0.3 is 0 Å². The van der Waals surface area contributed by atoms with Gasteiger partial charge in [0.25, 0.3) is 0 Å². The van der Waals surface area contributed by atoms with Gasteiger partial charge in [-0.3, -0.25) is 4.79 Å². The minimum atomic E-state index is -0.0850. The van der Waals surface area contributed by atoms with Crippen molar-refractivity contribution in [2.45, 2.75) is 51.7 Å². The molecule has 0 aromatic carbocycles. The Morgan fingerprint density at radius 1 is 1.38 bits per heavy atom. The number of nitrogens with zero attached hydrogens (tertiary/aromatic N) is 3. The van der Waals surface area contributed by atoms with E-state index in [1.54, 1.807) is 20.3 Å². The summed E-state index contributed by atoms with van der Waals surface area (Å²) in [6, 6.07) is 0. The van der Waals surface area contributed by atoms with Gasteiger partial charge in [-0.2, -0.15) is 0 Å². The van der Waals surface area contributed by atoms with Crippen LogP contribution in [0.3, 0.4) is 0 Å². The molecule has 1 aliphatic rings. The number of rotatable bonds is 6. The van der Waals surface area contributed by atoms with Crippen LogP contribution >= 0.6 is 0 Å². The molecule has 1 saturated heterocycles. The maximum absolute atomic E-state index is 11.8. The molecule has 1 aromatic rings. The molecule has 1 atom stereocenters. The molecule has 146 valence electrons. The zero-order valence-electron chi connectivity index (χ0n) is 16.5. The minimum absolute atomic E-state index is 0.0608. The molecule has 2 rings (SSSR count). The van der Waals surface area contributed by atoms with Crippen LogP contribution in [0.1, 0.15) is 45.3 Å². The van der Waals surface area contributed by atoms with E-state index >= 15 is 0 Å². The lowest BCUT2D eigenvalue weighted by Gasteiger charge is -2.16. The van der Waals surface area contributed by atoms with E-state index in [-0.39, 0.29) is 24.0 Å². The Morgan fingerprint density at radius 2 is 2.15 bits per heavy atom. The standard InChI is InChI=1S/C18H31N5O3/c1-18(2,3)14-10-19-15(26-14)11-21-17(22-12-16(24)23(4)5)20-9-13-7-6-8-25-13/h10,13H,6-9,11-12H2,1-5H3,(H2,20,21,22). The van der Waals surface area contributed by atoms with Gasteiger partial charge in [-0.05, 0) is 12.8 Å². The van der Waals surface area contributed by atoms with Crippen LogP contribution in [-0.4, -0.2) is 61.6 Å². The molecule has 0 radical (unpaired) electrons. The van der Waals surface area contributed by atoms with Gasteiger partial charge in [0.05, 0.1) is 18.8 Å². The van der Waals surface area contributed by atoms with Crippen LogP contribution in [-0.2, 0) is 21.5 Å². The first kappa shape index (κ1) is 20.2. The van der Waals surface area contributed by atoms with Gasteiger partial charge in [-0.25, -0.2) is 9.98 Å². The highest BCUT2D eigenvalue weighted by molar-refractivity contribution is 5.84. The predicted octanol–water partition coefficient (Wildman–Crippen LogP) is 1.27. The molecule has 26 heavy (non-hydrogen) atoms. The van der Waals surface area contributed by atoms with Crippen molar-refractivity contribution in [2.75, 3.05) is 33.8 Å². The molecule has 1 aliphatic heterocycles. The predicted molar refractivity (Wildman–Crippen MR) is 100 cm³/mol. The van der Waals surface area contributed by atoms with Crippen molar-refractivity contribution < 1.29 is 13.9 Å². The quantitative estimate of drug-likeness (QED) is 0.583. The fraction of sp³-hybridized carbons (Fsp3) is 0.722. The van der Waals surface area contributed by atoms with Crippen molar-refractivity contribution in [2.24, 2.45) is 4.99 Å². The Kier molecular flexibility index (Phi) is 7.02. The van der Waals surface area contributed by atoms with Crippen molar-refractivity contribution >= 4 is 11.9 Å². The van der Waals surface area contributed by atoms with E-state index < -0.39 is 0 Å². The SMILES string of the molecule is CN(C)C(=O)CN=C(NCc1ncc(C(C)(C)C)o1)NCC1CCCO1. The maximum Gasteiger partial charge on any atom is 0.243 e. The summed E-state index contributed by atoms with van der Waals surface area (Å²) in [5.74, 6) is 1.91. The molecule has 0 spiro atoms. The molecular weight excluding hydrogens is 334 g/mol. The number of nitrogens with one attached hydrogen (secondary N) is 2. The fourth-order valence-electron chi connectivity index (χ4n) is 2.38. The summed E-state index contributed by atoms with van der Waals surface area (Å²) < 4.78 is 11.4. The summed E-state index contributed by atoms with van der Waals surface area (Å²) in [5, 5.41) is 6.41. The van der Waals surface area contributed by atoms with Crippen molar-refractivity contribution in [1.29, 1.82) is 0 Å². The fourth-order valence-corrected chi connectivity index (χ4v) is 2.38. The third kappa shape index (κ3) is 6.33. The smallest absolute Gasteiger partial charge is 0.243 e. The third-order valence-corrected chi connectivity index (χ3v) is 4.09. The molecule has 1 fully saturated rings. The van der Waals surface area contributed by atoms with Gasteiger partial charge in [0.1, 0.15) is 12.3 Å². The second kappa shape index (κ2) is 9.02. The second-order valence-corrected chi connectivity index (χ2v) is 7.69. The van der Waals surface area contributed by atoms with Gasteiger partial charge in [0, 0.05) is 32.7 Å². The molecule has 0 saturated carbocycles. The number of carbonyl (C=O) groups excluding carboxylic acids is 1. The zero-order chi connectivity index (χ0) is 19.2. The molecule has 0 aliphatic carbocycles. The molecular formula is C18H31N5O3. The number of likely N-dealkylation sites (N-methyl/N-ethyl adjacent to an activating group) is 1. The summed E-state index contributed by atoms with van der Waals surface area (Å²) >= 11 is 0. The number of aromatic nitrogens is 1. The summed E-state index contributed by atoms with van der Waals surface area (Å²) in [6.45, 7) is 8.16.